The highest BCUT2D eigenvalue weighted by molar-refractivity contribution is 7.99. The average Bonchev–Trinajstić information content (AvgIpc) is 3.32. The van der Waals surface area contributed by atoms with E-state index in [1.54, 1.807) is 0 Å². The van der Waals surface area contributed by atoms with Crippen molar-refractivity contribution in [2.75, 3.05) is 5.32 Å². The van der Waals surface area contributed by atoms with Crippen LogP contribution in [0.4, 0.5) is 14.9 Å². The van der Waals surface area contributed by atoms with Crippen molar-refractivity contribution in [3.8, 4) is 0 Å². The zero-order chi connectivity index (χ0) is 20.5. The van der Waals surface area contributed by atoms with E-state index in [0.29, 0.717) is 4.21 Å². The standard InChI is InChI=1S/C13H16N2O.C8H12FNS2/c14-13(16)15-12-10-5-1-3-8(10)7-9-4-2-6-11(9)12;1-8(2,3)5-4-11-7(12-10)6(5)9/h7H,1-6H2,(H3,14,15,16);4H,10H2,1-3H3. The summed E-state index contributed by atoms with van der Waals surface area (Å²) < 4.78 is 14.0. The molecule has 7 heteroatoms. The average molecular weight is 422 g/mol. The van der Waals surface area contributed by atoms with Crippen LogP contribution in [0.15, 0.2) is 15.7 Å². The molecule has 5 N–H and O–H groups in total. The number of hydrogen-bond acceptors (Lipinski definition) is 4. The van der Waals surface area contributed by atoms with Crippen LogP contribution in [-0.2, 0) is 31.1 Å². The number of anilines is 1. The van der Waals surface area contributed by atoms with Gasteiger partial charge in [-0.05, 0) is 83.5 Å². The monoisotopic (exact) mass is 421 g/mol. The summed E-state index contributed by atoms with van der Waals surface area (Å²) in [5.74, 6) is -0.153. The van der Waals surface area contributed by atoms with Crippen molar-refractivity contribution in [3.63, 3.8) is 0 Å². The van der Waals surface area contributed by atoms with E-state index in [1.807, 2.05) is 26.2 Å². The second kappa shape index (κ2) is 8.43. The Labute approximate surface area is 174 Å². The number of rotatable bonds is 2. The highest BCUT2D eigenvalue weighted by Gasteiger charge is 2.24. The molecule has 4 nitrogen and oxygen atoms in total. The van der Waals surface area contributed by atoms with Gasteiger partial charge in [-0.15, -0.1) is 11.3 Å². The van der Waals surface area contributed by atoms with Crippen molar-refractivity contribution in [3.05, 3.63) is 45.1 Å². The van der Waals surface area contributed by atoms with Gasteiger partial charge in [-0.25, -0.2) is 9.18 Å². The summed E-state index contributed by atoms with van der Waals surface area (Å²) in [6.07, 6.45) is 6.86. The van der Waals surface area contributed by atoms with E-state index in [9.17, 15) is 9.18 Å². The predicted octanol–water partition coefficient (Wildman–Crippen LogP) is 5.31. The lowest BCUT2D eigenvalue weighted by molar-refractivity contribution is 0.259. The fourth-order valence-corrected chi connectivity index (χ4v) is 5.48. The zero-order valence-corrected chi connectivity index (χ0v) is 18.3. The molecule has 0 fully saturated rings. The zero-order valence-electron chi connectivity index (χ0n) is 16.7. The van der Waals surface area contributed by atoms with Gasteiger partial charge in [0.15, 0.2) is 5.82 Å². The Morgan fingerprint density at radius 3 is 2.11 bits per heavy atom. The molecule has 0 saturated heterocycles. The number of aryl methyl sites for hydroxylation is 2. The van der Waals surface area contributed by atoms with Gasteiger partial charge in [0.2, 0.25) is 0 Å². The van der Waals surface area contributed by atoms with Gasteiger partial charge in [0.05, 0.1) is 0 Å². The van der Waals surface area contributed by atoms with Crippen LogP contribution in [0, 0.1) is 5.82 Å². The number of fused-ring (bicyclic) bond motifs is 2. The lowest BCUT2D eigenvalue weighted by Crippen LogP contribution is -2.21. The van der Waals surface area contributed by atoms with Crippen molar-refractivity contribution in [2.45, 2.75) is 68.9 Å². The molecule has 152 valence electrons. The van der Waals surface area contributed by atoms with Crippen molar-refractivity contribution in [1.29, 1.82) is 0 Å². The topological polar surface area (TPSA) is 81.1 Å². The third-order valence-corrected chi connectivity index (χ3v) is 7.05. The number of urea groups is 1. The Morgan fingerprint density at radius 1 is 1.14 bits per heavy atom. The van der Waals surface area contributed by atoms with E-state index in [1.165, 1.54) is 46.4 Å². The summed E-state index contributed by atoms with van der Waals surface area (Å²) in [6, 6.07) is 1.91. The summed E-state index contributed by atoms with van der Waals surface area (Å²) in [7, 11) is 0. The third kappa shape index (κ3) is 4.36. The first-order valence-electron chi connectivity index (χ1n) is 9.59. The Kier molecular flexibility index (Phi) is 6.37. The Morgan fingerprint density at radius 2 is 1.71 bits per heavy atom. The van der Waals surface area contributed by atoms with Gasteiger partial charge in [-0.2, -0.15) is 0 Å². The van der Waals surface area contributed by atoms with Gasteiger partial charge in [0.1, 0.15) is 4.21 Å². The number of primary amides is 1. The summed E-state index contributed by atoms with van der Waals surface area (Å²) in [5.41, 5.74) is 12.4. The normalized spacial score (nSPS) is 14.9. The smallest absolute Gasteiger partial charge is 0.316 e. The molecular weight excluding hydrogens is 393 g/mol. The van der Waals surface area contributed by atoms with Crippen LogP contribution in [0.2, 0.25) is 0 Å². The van der Waals surface area contributed by atoms with Crippen molar-refractivity contribution < 1.29 is 9.18 Å². The number of carbonyl (C=O) groups excluding carboxylic acids is 1. The molecule has 1 heterocycles. The van der Waals surface area contributed by atoms with E-state index in [2.05, 4.69) is 11.4 Å². The molecule has 0 saturated carbocycles. The molecule has 4 rings (SSSR count). The van der Waals surface area contributed by atoms with Gasteiger partial charge in [-0.3, -0.25) is 5.14 Å². The van der Waals surface area contributed by atoms with Gasteiger partial charge in [0.25, 0.3) is 0 Å². The van der Waals surface area contributed by atoms with E-state index in [-0.39, 0.29) is 11.2 Å². The Hall–Kier alpha value is -1.57. The molecule has 2 aliphatic rings. The quantitative estimate of drug-likeness (QED) is 0.575. The number of carbonyl (C=O) groups is 1. The second-order valence-electron chi connectivity index (χ2n) is 8.34. The SMILES string of the molecule is CC(C)(C)c1csc(SN)c1F.NC(=O)Nc1c2c(cc3c1CCC3)CCC2. The van der Waals surface area contributed by atoms with Crippen molar-refractivity contribution in [1.82, 2.24) is 0 Å². The molecule has 0 bridgehead atoms. The number of amides is 2. The van der Waals surface area contributed by atoms with Crippen LogP contribution < -0.4 is 16.2 Å². The molecule has 0 spiro atoms. The van der Waals surface area contributed by atoms with Crippen LogP contribution in [-0.4, -0.2) is 6.03 Å². The van der Waals surface area contributed by atoms with Crippen LogP contribution in [0.1, 0.15) is 61.4 Å². The highest BCUT2D eigenvalue weighted by atomic mass is 32.2. The van der Waals surface area contributed by atoms with E-state index >= 15 is 0 Å². The summed E-state index contributed by atoms with van der Waals surface area (Å²) in [4.78, 5) is 11.1. The first kappa shape index (κ1) is 21.1. The minimum atomic E-state index is -0.436. The largest absolute Gasteiger partial charge is 0.351 e. The Balaban J connectivity index is 0.000000169. The number of nitrogens with one attached hydrogen (secondary N) is 1. The maximum Gasteiger partial charge on any atom is 0.316 e. The van der Waals surface area contributed by atoms with Gasteiger partial charge < -0.3 is 11.1 Å². The maximum absolute atomic E-state index is 13.4. The summed E-state index contributed by atoms with van der Waals surface area (Å²) in [5, 5.41) is 9.98. The van der Waals surface area contributed by atoms with Gasteiger partial charge in [-0.1, -0.05) is 26.8 Å². The molecule has 1 aromatic carbocycles. The lowest BCUT2D eigenvalue weighted by Gasteiger charge is -2.16. The van der Waals surface area contributed by atoms with Crippen LogP contribution in [0.3, 0.4) is 0 Å². The van der Waals surface area contributed by atoms with E-state index in [4.69, 9.17) is 10.9 Å². The van der Waals surface area contributed by atoms with Gasteiger partial charge >= 0.3 is 6.03 Å². The summed E-state index contributed by atoms with van der Waals surface area (Å²) >= 11 is 2.34. The predicted molar refractivity (Wildman–Crippen MR) is 117 cm³/mol. The number of halogens is 1. The third-order valence-electron chi connectivity index (χ3n) is 5.34. The lowest BCUT2D eigenvalue weighted by atomic mass is 9.89. The molecule has 2 aromatic rings. The Bertz CT molecular complexity index is 855. The summed E-state index contributed by atoms with van der Waals surface area (Å²) in [6.45, 7) is 5.97. The number of nitrogens with two attached hydrogens (primary N) is 2. The number of benzene rings is 1. The number of thiophene rings is 1. The molecule has 0 unspecified atom stereocenters. The molecule has 0 atom stereocenters. The second-order valence-corrected chi connectivity index (χ2v) is 10.1. The number of hydrogen-bond donors (Lipinski definition) is 3. The van der Waals surface area contributed by atoms with Crippen LogP contribution in [0.5, 0.6) is 0 Å². The van der Waals surface area contributed by atoms with Crippen molar-refractivity contribution in [2.24, 2.45) is 10.9 Å². The fraction of sp³-hybridized carbons (Fsp3) is 0.476. The van der Waals surface area contributed by atoms with Gasteiger partial charge in [0, 0.05) is 11.3 Å². The van der Waals surface area contributed by atoms with Crippen LogP contribution in [0.25, 0.3) is 0 Å². The molecule has 0 radical (unpaired) electrons. The minimum Gasteiger partial charge on any atom is -0.351 e. The molecule has 2 amide bonds. The van der Waals surface area contributed by atoms with E-state index < -0.39 is 6.03 Å². The molecule has 28 heavy (non-hydrogen) atoms. The maximum atomic E-state index is 13.4. The molecule has 1 aromatic heterocycles. The first-order valence-corrected chi connectivity index (χ1v) is 11.4. The fourth-order valence-electron chi connectivity index (χ4n) is 4.00. The van der Waals surface area contributed by atoms with E-state index in [0.717, 1.165) is 48.9 Å². The van der Waals surface area contributed by atoms with Crippen LogP contribution >= 0.6 is 23.3 Å². The highest BCUT2D eigenvalue weighted by Crippen LogP contribution is 2.38. The molecular formula is C21H28FN3OS2. The molecule has 0 aliphatic heterocycles. The van der Waals surface area contributed by atoms with Crippen molar-refractivity contribution >= 4 is 35.0 Å². The molecule has 2 aliphatic carbocycles. The first-order chi connectivity index (χ1) is 13.2. The minimum absolute atomic E-state index is 0.130.